The largest absolute Gasteiger partial charge is 0.334 e. The summed E-state index contributed by atoms with van der Waals surface area (Å²) in [6.45, 7) is 0. The van der Waals surface area contributed by atoms with Gasteiger partial charge in [0.1, 0.15) is 10.5 Å². The maximum absolute atomic E-state index is 10.8. The number of rotatable bonds is 2. The monoisotopic (exact) mass is 299 g/mol. The van der Waals surface area contributed by atoms with Crippen molar-refractivity contribution in [3.8, 4) is 9.88 Å². The van der Waals surface area contributed by atoms with Crippen molar-refractivity contribution in [3.05, 3.63) is 35.5 Å². The van der Waals surface area contributed by atoms with E-state index in [4.69, 9.17) is 0 Å². The van der Waals surface area contributed by atoms with Gasteiger partial charge in [-0.1, -0.05) is 0 Å². The Morgan fingerprint density at radius 3 is 2.90 bits per heavy atom. The van der Waals surface area contributed by atoms with Gasteiger partial charge in [0.05, 0.1) is 31.8 Å². The summed E-state index contributed by atoms with van der Waals surface area (Å²) in [5.41, 5.74) is 3.05. The maximum Gasteiger partial charge on any atom is 0.160 e. The number of carbonyl (C=O) groups is 1. The van der Waals surface area contributed by atoms with E-state index in [-0.39, 0.29) is 0 Å². The van der Waals surface area contributed by atoms with Crippen LogP contribution < -0.4 is 0 Å². The molecule has 0 aliphatic heterocycles. The molecule has 3 aromatic heterocycles. The summed E-state index contributed by atoms with van der Waals surface area (Å²) in [5, 5.41) is 0.941. The van der Waals surface area contributed by atoms with E-state index in [1.807, 2.05) is 42.2 Å². The van der Waals surface area contributed by atoms with Gasteiger partial charge in [-0.2, -0.15) is 0 Å². The van der Waals surface area contributed by atoms with E-state index >= 15 is 0 Å². The van der Waals surface area contributed by atoms with Crippen molar-refractivity contribution in [2.24, 2.45) is 7.05 Å². The zero-order valence-electron chi connectivity index (χ0n) is 10.5. The summed E-state index contributed by atoms with van der Waals surface area (Å²) in [7, 11) is 1.98. The van der Waals surface area contributed by atoms with E-state index in [9.17, 15) is 4.79 Å². The Hall–Kier alpha value is -2.05. The molecule has 4 rings (SSSR count). The third-order valence-electron chi connectivity index (χ3n) is 3.20. The molecule has 98 valence electrons. The van der Waals surface area contributed by atoms with Crippen molar-refractivity contribution >= 4 is 50.2 Å². The lowest BCUT2D eigenvalue weighted by molar-refractivity contribution is 0.112. The fraction of sp³-hybridized carbons (Fsp3) is 0.0714. The number of thiazole rings is 1. The predicted molar refractivity (Wildman–Crippen MR) is 82.6 cm³/mol. The Morgan fingerprint density at radius 1 is 1.20 bits per heavy atom. The topological polar surface area (TPSA) is 47.8 Å². The van der Waals surface area contributed by atoms with Gasteiger partial charge >= 0.3 is 0 Å². The smallest absolute Gasteiger partial charge is 0.160 e. The zero-order chi connectivity index (χ0) is 13.7. The zero-order valence-corrected chi connectivity index (χ0v) is 12.2. The second-order valence-electron chi connectivity index (χ2n) is 4.48. The summed E-state index contributed by atoms with van der Waals surface area (Å²) in [6.07, 6.45) is 2.69. The van der Waals surface area contributed by atoms with Gasteiger partial charge in [-0.05, 0) is 24.3 Å². The standard InChI is InChI=1S/C14H9N3OS2/c1-17-7-15-12-10(17)4-3-9-13(12)20-14(16-9)11-5-2-8(6-18)19-11/h2-7H,1H3. The second-order valence-corrected chi connectivity index (χ2v) is 6.59. The number of benzene rings is 1. The highest BCUT2D eigenvalue weighted by molar-refractivity contribution is 7.26. The number of aldehydes is 1. The van der Waals surface area contributed by atoms with E-state index in [0.717, 1.165) is 42.3 Å². The fourth-order valence-electron chi connectivity index (χ4n) is 2.22. The molecule has 3 heterocycles. The maximum atomic E-state index is 10.8. The lowest BCUT2D eigenvalue weighted by Gasteiger charge is -1.93. The fourth-order valence-corrected chi connectivity index (χ4v) is 4.16. The van der Waals surface area contributed by atoms with Gasteiger partial charge in [-0.25, -0.2) is 9.97 Å². The average molecular weight is 299 g/mol. The summed E-state index contributed by atoms with van der Waals surface area (Å²) in [4.78, 5) is 21.6. The van der Waals surface area contributed by atoms with Crippen LogP contribution in [0.5, 0.6) is 0 Å². The highest BCUT2D eigenvalue weighted by atomic mass is 32.1. The molecule has 0 radical (unpaired) electrons. The summed E-state index contributed by atoms with van der Waals surface area (Å²) in [6, 6.07) is 7.84. The van der Waals surface area contributed by atoms with Gasteiger partial charge in [-0.15, -0.1) is 22.7 Å². The highest BCUT2D eigenvalue weighted by Gasteiger charge is 2.13. The first-order valence-corrected chi connectivity index (χ1v) is 7.65. The number of aromatic nitrogens is 3. The highest BCUT2D eigenvalue weighted by Crippen LogP contribution is 2.36. The molecule has 0 unspecified atom stereocenters. The van der Waals surface area contributed by atoms with Crippen molar-refractivity contribution < 1.29 is 4.79 Å². The molecule has 4 nitrogen and oxygen atoms in total. The lowest BCUT2D eigenvalue weighted by Crippen LogP contribution is -1.82. The number of hydrogen-bond acceptors (Lipinski definition) is 5. The number of thiophene rings is 1. The van der Waals surface area contributed by atoms with Gasteiger partial charge in [0.15, 0.2) is 6.29 Å². The van der Waals surface area contributed by atoms with E-state index in [1.165, 1.54) is 11.3 Å². The number of aryl methyl sites for hydroxylation is 1. The Labute approximate surface area is 122 Å². The molecule has 0 bridgehead atoms. The van der Waals surface area contributed by atoms with Crippen molar-refractivity contribution in [2.75, 3.05) is 0 Å². The van der Waals surface area contributed by atoms with Crippen LogP contribution in [0.4, 0.5) is 0 Å². The first kappa shape index (κ1) is 11.7. The van der Waals surface area contributed by atoms with Crippen LogP contribution in [-0.4, -0.2) is 20.8 Å². The molecular formula is C14H9N3OS2. The molecule has 0 atom stereocenters. The molecule has 0 spiro atoms. The van der Waals surface area contributed by atoms with Gasteiger partial charge in [0.25, 0.3) is 0 Å². The number of fused-ring (bicyclic) bond motifs is 3. The molecule has 20 heavy (non-hydrogen) atoms. The number of hydrogen-bond donors (Lipinski definition) is 0. The van der Waals surface area contributed by atoms with E-state index < -0.39 is 0 Å². The summed E-state index contributed by atoms with van der Waals surface area (Å²) < 4.78 is 3.10. The van der Waals surface area contributed by atoms with Crippen LogP contribution in [0.1, 0.15) is 9.67 Å². The quantitative estimate of drug-likeness (QED) is 0.530. The SMILES string of the molecule is Cn1cnc2c3sc(-c4ccc(C=O)s4)nc3ccc21. The minimum Gasteiger partial charge on any atom is -0.334 e. The molecule has 6 heteroatoms. The number of carbonyl (C=O) groups excluding carboxylic acids is 1. The number of nitrogens with zero attached hydrogens (tertiary/aromatic N) is 3. The minimum atomic E-state index is 0.724. The minimum absolute atomic E-state index is 0.724. The molecule has 0 fully saturated rings. The molecular weight excluding hydrogens is 290 g/mol. The van der Waals surface area contributed by atoms with Crippen molar-refractivity contribution in [1.29, 1.82) is 0 Å². The van der Waals surface area contributed by atoms with Crippen molar-refractivity contribution in [3.63, 3.8) is 0 Å². The van der Waals surface area contributed by atoms with Crippen molar-refractivity contribution in [2.45, 2.75) is 0 Å². The molecule has 0 aliphatic carbocycles. The molecule has 0 N–H and O–H groups in total. The van der Waals surface area contributed by atoms with Crippen LogP contribution in [0.2, 0.25) is 0 Å². The van der Waals surface area contributed by atoms with Crippen LogP contribution in [-0.2, 0) is 7.05 Å². The first-order chi connectivity index (χ1) is 9.76. The normalized spacial score (nSPS) is 11.4. The van der Waals surface area contributed by atoms with E-state index in [2.05, 4.69) is 9.97 Å². The third kappa shape index (κ3) is 1.62. The van der Waals surface area contributed by atoms with Crippen LogP contribution in [0, 0.1) is 0 Å². The van der Waals surface area contributed by atoms with Crippen LogP contribution in [0.25, 0.3) is 31.1 Å². The molecule has 1 aromatic carbocycles. The molecule has 0 aliphatic rings. The Morgan fingerprint density at radius 2 is 2.10 bits per heavy atom. The molecule has 0 amide bonds. The number of imidazole rings is 1. The third-order valence-corrected chi connectivity index (χ3v) is 5.46. The Kier molecular flexibility index (Phi) is 2.48. The van der Waals surface area contributed by atoms with Crippen molar-refractivity contribution in [1.82, 2.24) is 14.5 Å². The Balaban J connectivity index is 1.98. The van der Waals surface area contributed by atoms with E-state index in [1.54, 1.807) is 11.3 Å². The van der Waals surface area contributed by atoms with Gasteiger partial charge in [-0.3, -0.25) is 4.79 Å². The molecule has 4 aromatic rings. The van der Waals surface area contributed by atoms with Gasteiger partial charge < -0.3 is 4.57 Å². The second kappa shape index (κ2) is 4.22. The van der Waals surface area contributed by atoms with Gasteiger partial charge in [0.2, 0.25) is 0 Å². The lowest BCUT2D eigenvalue weighted by atomic mass is 10.3. The summed E-state index contributed by atoms with van der Waals surface area (Å²) in [5.74, 6) is 0. The first-order valence-electron chi connectivity index (χ1n) is 6.02. The van der Waals surface area contributed by atoms with Gasteiger partial charge in [0, 0.05) is 7.05 Å². The summed E-state index contributed by atoms with van der Waals surface area (Å²) >= 11 is 3.09. The predicted octanol–water partition coefficient (Wildman–Crippen LogP) is 3.72. The van der Waals surface area contributed by atoms with Crippen LogP contribution in [0.3, 0.4) is 0 Å². The van der Waals surface area contributed by atoms with Crippen LogP contribution >= 0.6 is 22.7 Å². The average Bonchev–Trinajstić information content (AvgIpc) is 3.14. The van der Waals surface area contributed by atoms with Crippen LogP contribution in [0.15, 0.2) is 30.6 Å². The Bertz CT molecular complexity index is 948. The van der Waals surface area contributed by atoms with E-state index in [0.29, 0.717) is 0 Å². The molecule has 0 saturated heterocycles. The molecule has 0 saturated carbocycles.